The number of aromatic nitrogens is 2. The summed E-state index contributed by atoms with van der Waals surface area (Å²) in [6.07, 6.45) is 1.35. The van der Waals surface area contributed by atoms with Gasteiger partial charge in [0.05, 0.1) is 6.20 Å². The molecule has 1 aliphatic rings. The first kappa shape index (κ1) is 10.6. The van der Waals surface area contributed by atoms with Gasteiger partial charge in [0.15, 0.2) is 5.03 Å². The monoisotopic (exact) mass is 230 g/mol. The number of nitrogens with two attached hydrogens (primary N) is 1. The molecule has 0 aromatic carbocycles. The van der Waals surface area contributed by atoms with Crippen LogP contribution in [0.4, 0.5) is 0 Å². The van der Waals surface area contributed by atoms with E-state index in [1.54, 1.807) is 6.92 Å². The van der Waals surface area contributed by atoms with Gasteiger partial charge in [-0.15, -0.1) is 0 Å². The highest BCUT2D eigenvalue weighted by molar-refractivity contribution is 7.89. The molecule has 1 fully saturated rings. The Hall–Kier alpha value is -0.920. The van der Waals surface area contributed by atoms with Gasteiger partial charge in [-0.25, -0.2) is 13.4 Å². The fraction of sp³-hybridized carbons (Fsp3) is 0.625. The summed E-state index contributed by atoms with van der Waals surface area (Å²) in [6.45, 7) is 3.28. The van der Waals surface area contributed by atoms with E-state index >= 15 is 0 Å². The van der Waals surface area contributed by atoms with Gasteiger partial charge in [0.25, 0.3) is 10.0 Å². The van der Waals surface area contributed by atoms with E-state index in [4.69, 9.17) is 5.73 Å². The maximum Gasteiger partial charge on any atom is 0.260 e. The predicted octanol–water partition coefficient (Wildman–Crippen LogP) is -0.703. The second kappa shape index (κ2) is 3.58. The van der Waals surface area contributed by atoms with E-state index in [0.29, 0.717) is 31.4 Å². The third kappa shape index (κ3) is 1.77. The molecule has 0 unspecified atom stereocenters. The first-order chi connectivity index (χ1) is 7.04. The molecule has 7 heteroatoms. The van der Waals surface area contributed by atoms with E-state index in [9.17, 15) is 8.42 Å². The minimum absolute atomic E-state index is 0.162. The lowest BCUT2D eigenvalue weighted by Crippen LogP contribution is -2.52. The van der Waals surface area contributed by atoms with E-state index < -0.39 is 10.0 Å². The van der Waals surface area contributed by atoms with E-state index in [-0.39, 0.29) is 5.03 Å². The summed E-state index contributed by atoms with van der Waals surface area (Å²) in [5.74, 6) is 0.897. The molecule has 0 saturated carbocycles. The second-order valence-corrected chi connectivity index (χ2v) is 5.66. The summed E-state index contributed by atoms with van der Waals surface area (Å²) < 4.78 is 25.2. The lowest BCUT2D eigenvalue weighted by atomic mass is 10.0. The summed E-state index contributed by atoms with van der Waals surface area (Å²) in [5, 5.41) is 0.162. The van der Waals surface area contributed by atoms with Gasteiger partial charge >= 0.3 is 0 Å². The average Bonchev–Trinajstić information content (AvgIpc) is 2.50. The zero-order valence-electron chi connectivity index (χ0n) is 8.47. The van der Waals surface area contributed by atoms with Crippen LogP contribution in [0.25, 0.3) is 0 Å². The third-order valence-corrected chi connectivity index (χ3v) is 4.30. The van der Waals surface area contributed by atoms with Crippen molar-refractivity contribution in [3.8, 4) is 0 Å². The lowest BCUT2D eigenvalue weighted by molar-refractivity contribution is 0.207. The zero-order chi connectivity index (χ0) is 11.1. The van der Waals surface area contributed by atoms with Crippen LogP contribution in [-0.2, 0) is 10.0 Å². The molecular formula is C8H14N4O2S. The summed E-state index contributed by atoms with van der Waals surface area (Å²) >= 11 is 0. The van der Waals surface area contributed by atoms with Crippen molar-refractivity contribution in [1.29, 1.82) is 0 Å². The Balaban J connectivity index is 2.15. The highest BCUT2D eigenvalue weighted by Crippen LogP contribution is 2.23. The van der Waals surface area contributed by atoms with Crippen LogP contribution in [0.2, 0.25) is 0 Å². The maximum absolute atomic E-state index is 11.9. The van der Waals surface area contributed by atoms with E-state index in [2.05, 4.69) is 9.97 Å². The van der Waals surface area contributed by atoms with Crippen molar-refractivity contribution in [1.82, 2.24) is 14.3 Å². The number of hydrogen-bond donors (Lipinski definition) is 2. The Morgan fingerprint density at radius 2 is 2.33 bits per heavy atom. The average molecular weight is 230 g/mol. The number of H-pyrrole nitrogens is 1. The standard InChI is InChI=1S/C8H14N4O2S/c1-6-10-3-8(11-6)15(13,14)12-4-7(2-9)5-12/h3,7H,2,4-5,9H2,1H3,(H,10,11). The summed E-state index contributed by atoms with van der Waals surface area (Å²) in [4.78, 5) is 6.60. The molecule has 6 nitrogen and oxygen atoms in total. The highest BCUT2D eigenvalue weighted by Gasteiger charge is 2.36. The van der Waals surface area contributed by atoms with Crippen molar-refractivity contribution in [2.24, 2.45) is 11.7 Å². The fourth-order valence-corrected chi connectivity index (χ4v) is 3.09. The number of nitrogens with zero attached hydrogens (tertiary/aromatic N) is 2. The Bertz CT molecular complexity index is 447. The lowest BCUT2D eigenvalue weighted by Gasteiger charge is -2.36. The number of sulfonamides is 1. The van der Waals surface area contributed by atoms with Crippen LogP contribution < -0.4 is 5.73 Å². The first-order valence-corrected chi connectivity index (χ1v) is 6.20. The van der Waals surface area contributed by atoms with Gasteiger partial charge in [0, 0.05) is 13.1 Å². The first-order valence-electron chi connectivity index (χ1n) is 4.76. The van der Waals surface area contributed by atoms with Crippen LogP contribution in [0.5, 0.6) is 0 Å². The van der Waals surface area contributed by atoms with E-state index in [0.717, 1.165) is 0 Å². The largest absolute Gasteiger partial charge is 0.332 e. The number of rotatable bonds is 3. The van der Waals surface area contributed by atoms with Crippen molar-refractivity contribution in [2.45, 2.75) is 11.9 Å². The quantitative estimate of drug-likeness (QED) is 0.718. The number of imidazole rings is 1. The van der Waals surface area contributed by atoms with Crippen LogP contribution in [0.1, 0.15) is 5.82 Å². The number of nitrogens with one attached hydrogen (secondary N) is 1. The van der Waals surface area contributed by atoms with Gasteiger partial charge in [-0.05, 0) is 19.4 Å². The Kier molecular flexibility index (Phi) is 2.53. The molecule has 1 saturated heterocycles. The molecule has 0 radical (unpaired) electrons. The number of aromatic amines is 1. The van der Waals surface area contributed by atoms with Gasteiger partial charge in [0.2, 0.25) is 0 Å². The second-order valence-electron chi connectivity index (χ2n) is 3.76. The molecule has 1 aliphatic heterocycles. The van der Waals surface area contributed by atoms with Crippen LogP contribution in [0.15, 0.2) is 11.2 Å². The normalized spacial score (nSPS) is 19.1. The van der Waals surface area contributed by atoms with Crippen molar-refractivity contribution in [3.63, 3.8) is 0 Å². The number of aryl methyl sites for hydroxylation is 1. The maximum atomic E-state index is 11.9. The van der Waals surface area contributed by atoms with Gasteiger partial charge < -0.3 is 10.7 Å². The predicted molar refractivity (Wildman–Crippen MR) is 54.6 cm³/mol. The molecule has 0 aliphatic carbocycles. The van der Waals surface area contributed by atoms with Crippen LogP contribution >= 0.6 is 0 Å². The van der Waals surface area contributed by atoms with Crippen LogP contribution in [0.3, 0.4) is 0 Å². The molecule has 0 amide bonds. The van der Waals surface area contributed by atoms with Gasteiger partial charge in [0.1, 0.15) is 5.82 Å². The molecule has 0 atom stereocenters. The zero-order valence-corrected chi connectivity index (χ0v) is 9.29. The summed E-state index contributed by atoms with van der Waals surface area (Å²) in [6, 6.07) is 0. The van der Waals surface area contributed by atoms with Crippen molar-refractivity contribution < 1.29 is 8.42 Å². The minimum Gasteiger partial charge on any atom is -0.332 e. The highest BCUT2D eigenvalue weighted by atomic mass is 32.2. The summed E-state index contributed by atoms with van der Waals surface area (Å²) in [5.41, 5.74) is 5.44. The Morgan fingerprint density at radius 3 is 2.80 bits per heavy atom. The smallest absolute Gasteiger partial charge is 0.260 e. The molecule has 2 heterocycles. The van der Waals surface area contributed by atoms with Crippen LogP contribution in [0, 0.1) is 12.8 Å². The molecular weight excluding hydrogens is 216 g/mol. The molecule has 2 rings (SSSR count). The third-order valence-electron chi connectivity index (χ3n) is 2.55. The molecule has 1 aromatic rings. The minimum atomic E-state index is -3.36. The van der Waals surface area contributed by atoms with Crippen molar-refractivity contribution in [3.05, 3.63) is 12.0 Å². The van der Waals surface area contributed by atoms with Gasteiger partial charge in [-0.3, -0.25) is 0 Å². The SMILES string of the molecule is Cc1ncc(S(=O)(=O)N2CC(CN)C2)[nH]1. The molecule has 15 heavy (non-hydrogen) atoms. The van der Waals surface area contributed by atoms with Gasteiger partial charge in [-0.1, -0.05) is 0 Å². The van der Waals surface area contributed by atoms with E-state index in [1.165, 1.54) is 10.5 Å². The fourth-order valence-electron chi connectivity index (χ4n) is 1.54. The Labute approximate surface area is 88.5 Å². The molecule has 3 N–H and O–H groups in total. The summed E-state index contributed by atoms with van der Waals surface area (Å²) in [7, 11) is -3.36. The molecule has 0 spiro atoms. The van der Waals surface area contributed by atoms with Crippen molar-refractivity contribution >= 4 is 10.0 Å². The number of hydrogen-bond acceptors (Lipinski definition) is 4. The van der Waals surface area contributed by atoms with Gasteiger partial charge in [-0.2, -0.15) is 4.31 Å². The van der Waals surface area contributed by atoms with Crippen molar-refractivity contribution in [2.75, 3.05) is 19.6 Å². The topological polar surface area (TPSA) is 92.1 Å². The molecule has 1 aromatic heterocycles. The van der Waals surface area contributed by atoms with E-state index in [1.807, 2.05) is 0 Å². The molecule has 0 bridgehead atoms. The Morgan fingerprint density at radius 1 is 1.67 bits per heavy atom. The van der Waals surface area contributed by atoms with Crippen LogP contribution in [-0.4, -0.2) is 42.3 Å². The molecule has 84 valence electrons.